The Labute approximate surface area is 169 Å². The van der Waals surface area contributed by atoms with E-state index < -0.39 is 0 Å². The molecule has 1 aliphatic heterocycles. The Kier molecular flexibility index (Phi) is 6.72. The average Bonchev–Trinajstić information content (AvgIpc) is 3.27. The van der Waals surface area contributed by atoms with Gasteiger partial charge in [0.15, 0.2) is 0 Å². The van der Waals surface area contributed by atoms with Gasteiger partial charge in [0, 0.05) is 31.6 Å². The Morgan fingerprint density at radius 2 is 1.79 bits per heavy atom. The topological polar surface area (TPSA) is 64.4 Å². The molecular weight excluding hydrogens is 370 g/mol. The van der Waals surface area contributed by atoms with Crippen molar-refractivity contribution in [1.29, 1.82) is 5.26 Å². The van der Waals surface area contributed by atoms with Crippen LogP contribution < -0.4 is 0 Å². The number of carbonyl (C=O) groups excluding carboxylic acids is 2. The molecule has 0 bridgehead atoms. The summed E-state index contributed by atoms with van der Waals surface area (Å²) < 4.78 is 0. The van der Waals surface area contributed by atoms with E-state index >= 15 is 0 Å². The predicted molar refractivity (Wildman–Crippen MR) is 110 cm³/mol. The highest BCUT2D eigenvalue weighted by Gasteiger charge is 2.20. The summed E-state index contributed by atoms with van der Waals surface area (Å²) in [5.41, 5.74) is 2.17. The maximum atomic E-state index is 13.0. The van der Waals surface area contributed by atoms with E-state index in [0.717, 1.165) is 36.4 Å². The molecule has 1 saturated heterocycles. The molecule has 0 atom stereocenters. The fourth-order valence-electron chi connectivity index (χ4n) is 3.20. The van der Waals surface area contributed by atoms with Crippen LogP contribution in [0.1, 0.15) is 34.3 Å². The summed E-state index contributed by atoms with van der Waals surface area (Å²) in [6, 6.07) is 16.7. The van der Waals surface area contributed by atoms with Gasteiger partial charge in [0.1, 0.15) is 0 Å². The third kappa shape index (κ3) is 4.93. The normalized spacial score (nSPS) is 13.2. The van der Waals surface area contributed by atoms with Crippen molar-refractivity contribution in [1.82, 2.24) is 9.80 Å². The Morgan fingerprint density at radius 3 is 2.46 bits per heavy atom. The lowest BCUT2D eigenvalue weighted by Crippen LogP contribution is -2.29. The van der Waals surface area contributed by atoms with Gasteiger partial charge in [0.25, 0.3) is 5.91 Å². The number of nitriles is 1. The lowest BCUT2D eigenvalue weighted by Gasteiger charge is -2.20. The second kappa shape index (κ2) is 9.43. The molecule has 5 nitrogen and oxygen atoms in total. The van der Waals surface area contributed by atoms with Crippen molar-refractivity contribution >= 4 is 23.6 Å². The summed E-state index contributed by atoms with van der Waals surface area (Å²) in [6.45, 7) is 2.14. The van der Waals surface area contributed by atoms with Gasteiger partial charge in [0.05, 0.1) is 22.9 Å². The molecule has 28 heavy (non-hydrogen) atoms. The smallest absolute Gasteiger partial charge is 0.255 e. The number of amides is 2. The minimum Gasteiger partial charge on any atom is -0.342 e. The standard InChI is InChI=1S/C22H23N3O2S/c1-24(15-18-10-8-17(14-23)9-11-18)22(27)19-6-2-3-7-20(19)28-16-21(26)25-12-4-5-13-25/h2-3,6-11H,4-5,12-13,15-16H2,1H3. The van der Waals surface area contributed by atoms with Gasteiger partial charge in [0.2, 0.25) is 5.91 Å². The molecule has 0 radical (unpaired) electrons. The first kappa shape index (κ1) is 20.0. The molecule has 2 amide bonds. The molecule has 1 fully saturated rings. The van der Waals surface area contributed by atoms with Crippen LogP contribution in [0.4, 0.5) is 0 Å². The Balaban J connectivity index is 1.65. The zero-order chi connectivity index (χ0) is 19.9. The highest BCUT2D eigenvalue weighted by molar-refractivity contribution is 8.00. The van der Waals surface area contributed by atoms with E-state index in [1.807, 2.05) is 35.2 Å². The van der Waals surface area contributed by atoms with Crippen LogP contribution in [0.2, 0.25) is 0 Å². The fraction of sp³-hybridized carbons (Fsp3) is 0.318. The van der Waals surface area contributed by atoms with E-state index in [4.69, 9.17) is 5.26 Å². The summed E-state index contributed by atoms with van der Waals surface area (Å²) in [5, 5.41) is 8.89. The summed E-state index contributed by atoms with van der Waals surface area (Å²) in [7, 11) is 1.76. The molecule has 2 aromatic rings. The highest BCUT2D eigenvalue weighted by Crippen LogP contribution is 2.25. The number of benzene rings is 2. The van der Waals surface area contributed by atoms with Gasteiger partial charge in [-0.1, -0.05) is 24.3 Å². The molecule has 0 saturated carbocycles. The van der Waals surface area contributed by atoms with Gasteiger partial charge in [-0.15, -0.1) is 11.8 Å². The van der Waals surface area contributed by atoms with Crippen molar-refractivity contribution in [3.63, 3.8) is 0 Å². The number of nitrogens with zero attached hydrogens (tertiary/aromatic N) is 3. The average molecular weight is 394 g/mol. The zero-order valence-electron chi connectivity index (χ0n) is 15.9. The second-order valence-electron chi connectivity index (χ2n) is 6.84. The quantitative estimate of drug-likeness (QED) is 0.704. The van der Waals surface area contributed by atoms with Crippen LogP contribution in [0.15, 0.2) is 53.4 Å². The van der Waals surface area contributed by atoms with Gasteiger partial charge >= 0.3 is 0 Å². The minimum absolute atomic E-state index is 0.0823. The van der Waals surface area contributed by atoms with Crippen LogP contribution in [0.3, 0.4) is 0 Å². The van der Waals surface area contributed by atoms with E-state index in [0.29, 0.717) is 23.4 Å². The van der Waals surface area contributed by atoms with Crippen LogP contribution in [0.5, 0.6) is 0 Å². The number of hydrogen-bond acceptors (Lipinski definition) is 4. The monoisotopic (exact) mass is 393 g/mol. The van der Waals surface area contributed by atoms with Crippen molar-refractivity contribution in [3.05, 3.63) is 65.2 Å². The van der Waals surface area contributed by atoms with Crippen molar-refractivity contribution in [2.24, 2.45) is 0 Å². The Morgan fingerprint density at radius 1 is 1.11 bits per heavy atom. The van der Waals surface area contributed by atoms with E-state index in [-0.39, 0.29) is 11.8 Å². The van der Waals surface area contributed by atoms with Crippen LogP contribution in [0, 0.1) is 11.3 Å². The molecule has 0 spiro atoms. The van der Waals surface area contributed by atoms with E-state index in [1.165, 1.54) is 11.8 Å². The van der Waals surface area contributed by atoms with Crippen LogP contribution >= 0.6 is 11.8 Å². The first-order valence-corrected chi connectivity index (χ1v) is 10.3. The summed E-state index contributed by atoms with van der Waals surface area (Å²) in [4.78, 5) is 29.7. The van der Waals surface area contributed by atoms with E-state index in [2.05, 4.69) is 6.07 Å². The second-order valence-corrected chi connectivity index (χ2v) is 7.86. The van der Waals surface area contributed by atoms with Crippen molar-refractivity contribution < 1.29 is 9.59 Å². The molecule has 1 aliphatic rings. The minimum atomic E-state index is -0.0823. The molecule has 0 aromatic heterocycles. The maximum absolute atomic E-state index is 13.0. The molecule has 0 unspecified atom stereocenters. The van der Waals surface area contributed by atoms with Crippen molar-refractivity contribution in [2.75, 3.05) is 25.9 Å². The third-order valence-corrected chi connectivity index (χ3v) is 5.84. The van der Waals surface area contributed by atoms with Gasteiger partial charge in [-0.3, -0.25) is 9.59 Å². The van der Waals surface area contributed by atoms with Gasteiger partial charge in [-0.2, -0.15) is 5.26 Å². The first-order chi connectivity index (χ1) is 13.6. The van der Waals surface area contributed by atoms with Gasteiger partial charge in [-0.05, 0) is 42.7 Å². The predicted octanol–water partition coefficient (Wildman–Crippen LogP) is 3.54. The number of thioether (sulfide) groups is 1. The van der Waals surface area contributed by atoms with Crippen LogP contribution in [0.25, 0.3) is 0 Å². The van der Waals surface area contributed by atoms with Gasteiger partial charge < -0.3 is 9.80 Å². The summed E-state index contributed by atoms with van der Waals surface area (Å²) in [5.74, 6) is 0.403. The molecule has 3 rings (SSSR count). The van der Waals surface area contributed by atoms with Gasteiger partial charge in [-0.25, -0.2) is 0 Å². The number of likely N-dealkylation sites (tertiary alicyclic amines) is 1. The maximum Gasteiger partial charge on any atom is 0.255 e. The SMILES string of the molecule is CN(Cc1ccc(C#N)cc1)C(=O)c1ccccc1SCC(=O)N1CCCC1. The first-order valence-electron chi connectivity index (χ1n) is 9.32. The van der Waals surface area contributed by atoms with E-state index in [9.17, 15) is 9.59 Å². The highest BCUT2D eigenvalue weighted by atomic mass is 32.2. The molecule has 144 valence electrons. The number of hydrogen-bond donors (Lipinski definition) is 0. The largest absolute Gasteiger partial charge is 0.342 e. The molecule has 1 heterocycles. The van der Waals surface area contributed by atoms with Crippen LogP contribution in [-0.4, -0.2) is 47.5 Å². The fourth-order valence-corrected chi connectivity index (χ4v) is 4.15. The Hall–Kier alpha value is -2.78. The molecule has 6 heteroatoms. The van der Waals surface area contributed by atoms with Crippen molar-refractivity contribution in [2.45, 2.75) is 24.3 Å². The number of carbonyl (C=O) groups is 2. The molecule has 2 aromatic carbocycles. The van der Waals surface area contributed by atoms with E-state index in [1.54, 1.807) is 30.1 Å². The van der Waals surface area contributed by atoms with Crippen molar-refractivity contribution in [3.8, 4) is 6.07 Å². The lowest BCUT2D eigenvalue weighted by atomic mass is 10.1. The number of rotatable bonds is 6. The van der Waals surface area contributed by atoms with Crippen LogP contribution in [-0.2, 0) is 11.3 Å². The third-order valence-electron chi connectivity index (χ3n) is 4.78. The summed E-state index contributed by atoms with van der Waals surface area (Å²) in [6.07, 6.45) is 2.15. The zero-order valence-corrected chi connectivity index (χ0v) is 16.7. The Bertz CT molecular complexity index is 883. The lowest BCUT2D eigenvalue weighted by molar-refractivity contribution is -0.127. The summed E-state index contributed by atoms with van der Waals surface area (Å²) >= 11 is 1.42. The molecule has 0 N–H and O–H groups in total. The molecule has 0 aliphatic carbocycles. The molecular formula is C22H23N3O2S.